The smallest absolute Gasteiger partial charge is 0.344 e. The van der Waals surface area contributed by atoms with Crippen molar-refractivity contribution in [2.24, 2.45) is 0 Å². The van der Waals surface area contributed by atoms with E-state index in [0.717, 1.165) is 36.8 Å². The predicted octanol–water partition coefficient (Wildman–Crippen LogP) is 4.92. The van der Waals surface area contributed by atoms with Gasteiger partial charge < -0.3 is 18.3 Å². The second kappa shape index (κ2) is 8.15. The van der Waals surface area contributed by atoms with Crippen LogP contribution < -0.4 is 10.2 Å². The summed E-state index contributed by atoms with van der Waals surface area (Å²) >= 11 is 0. The van der Waals surface area contributed by atoms with Gasteiger partial charge in [0.15, 0.2) is 12.4 Å². The lowest BCUT2D eigenvalue weighted by Gasteiger charge is -2.21. The fourth-order valence-electron chi connectivity index (χ4n) is 3.67. The molecule has 4 rings (SSSR count). The second-order valence-corrected chi connectivity index (χ2v) is 7.54. The van der Waals surface area contributed by atoms with E-state index in [1.54, 1.807) is 18.2 Å². The normalized spacial score (nSPS) is 14.8. The standard InChI is InChI=1S/C23H24O6/c1-14-11-17-19(12-15(14)2)29-22(18-9-6-10-26-18)23(21(17)25)27-13-20(24)28-16-7-4-3-5-8-16/h6,9-12,16H,3-5,7-8,13H2,1-2H3. The van der Waals surface area contributed by atoms with Crippen molar-refractivity contribution in [3.05, 3.63) is 51.9 Å². The number of furan rings is 1. The summed E-state index contributed by atoms with van der Waals surface area (Å²) in [6, 6.07) is 6.97. The van der Waals surface area contributed by atoms with Crippen LogP contribution in [-0.2, 0) is 9.53 Å². The molecule has 1 aromatic carbocycles. The monoisotopic (exact) mass is 396 g/mol. The van der Waals surface area contributed by atoms with Gasteiger partial charge in [0.25, 0.3) is 0 Å². The van der Waals surface area contributed by atoms with Gasteiger partial charge in [-0.05, 0) is 74.9 Å². The number of hydrogen-bond donors (Lipinski definition) is 0. The van der Waals surface area contributed by atoms with Gasteiger partial charge >= 0.3 is 5.97 Å². The highest BCUT2D eigenvalue weighted by Gasteiger charge is 2.23. The molecule has 1 fully saturated rings. The van der Waals surface area contributed by atoms with E-state index in [2.05, 4.69) is 0 Å². The highest BCUT2D eigenvalue weighted by molar-refractivity contribution is 5.83. The molecule has 0 spiro atoms. The summed E-state index contributed by atoms with van der Waals surface area (Å²) in [4.78, 5) is 25.4. The van der Waals surface area contributed by atoms with Crippen molar-refractivity contribution in [2.75, 3.05) is 6.61 Å². The Labute approximate surface area is 168 Å². The van der Waals surface area contributed by atoms with Gasteiger partial charge in [-0.1, -0.05) is 6.42 Å². The number of fused-ring (bicyclic) bond motifs is 1. The molecule has 0 saturated heterocycles. The lowest BCUT2D eigenvalue weighted by atomic mass is 9.98. The molecule has 0 amide bonds. The lowest BCUT2D eigenvalue weighted by Crippen LogP contribution is -2.25. The molecule has 2 aromatic heterocycles. The fraction of sp³-hybridized carbons (Fsp3) is 0.391. The van der Waals surface area contributed by atoms with Gasteiger partial charge in [-0.2, -0.15) is 0 Å². The number of aryl methyl sites for hydroxylation is 2. The molecule has 6 heteroatoms. The van der Waals surface area contributed by atoms with Gasteiger partial charge in [-0.25, -0.2) is 4.79 Å². The van der Waals surface area contributed by atoms with Crippen LogP contribution in [0.1, 0.15) is 43.2 Å². The third-order valence-electron chi connectivity index (χ3n) is 5.39. The van der Waals surface area contributed by atoms with Crippen molar-refractivity contribution >= 4 is 16.9 Å². The van der Waals surface area contributed by atoms with Gasteiger partial charge in [-0.15, -0.1) is 0 Å². The molecule has 152 valence electrons. The van der Waals surface area contributed by atoms with Crippen LogP contribution in [0.2, 0.25) is 0 Å². The van der Waals surface area contributed by atoms with Crippen molar-refractivity contribution in [1.82, 2.24) is 0 Å². The molecular weight excluding hydrogens is 372 g/mol. The first kappa shape index (κ1) is 19.3. The van der Waals surface area contributed by atoms with Crippen LogP contribution >= 0.6 is 0 Å². The lowest BCUT2D eigenvalue weighted by molar-refractivity contribution is -0.152. The number of rotatable bonds is 5. The Morgan fingerprint density at radius 3 is 2.62 bits per heavy atom. The molecular formula is C23H24O6. The summed E-state index contributed by atoms with van der Waals surface area (Å²) < 4.78 is 22.5. The minimum Gasteiger partial charge on any atom is -0.474 e. The maximum atomic E-state index is 13.1. The van der Waals surface area contributed by atoms with E-state index in [1.807, 2.05) is 19.9 Å². The number of hydrogen-bond acceptors (Lipinski definition) is 6. The first-order valence-corrected chi connectivity index (χ1v) is 9.97. The van der Waals surface area contributed by atoms with Crippen LogP contribution in [0, 0.1) is 13.8 Å². The first-order chi connectivity index (χ1) is 14.0. The third kappa shape index (κ3) is 4.06. The quantitative estimate of drug-likeness (QED) is 0.569. The van der Waals surface area contributed by atoms with Gasteiger partial charge in [0.05, 0.1) is 11.6 Å². The zero-order valence-corrected chi connectivity index (χ0v) is 16.7. The highest BCUT2D eigenvalue weighted by atomic mass is 16.6. The molecule has 1 saturated carbocycles. The fourth-order valence-corrected chi connectivity index (χ4v) is 3.67. The minimum atomic E-state index is -0.484. The van der Waals surface area contributed by atoms with Gasteiger partial charge in [0.1, 0.15) is 11.7 Å². The average molecular weight is 396 g/mol. The first-order valence-electron chi connectivity index (χ1n) is 9.97. The zero-order chi connectivity index (χ0) is 20.4. The van der Waals surface area contributed by atoms with Crippen LogP contribution in [0.25, 0.3) is 22.5 Å². The molecule has 1 aliphatic rings. The summed E-state index contributed by atoms with van der Waals surface area (Å²) in [7, 11) is 0. The maximum Gasteiger partial charge on any atom is 0.344 e. The van der Waals surface area contributed by atoms with E-state index in [0.29, 0.717) is 16.7 Å². The molecule has 6 nitrogen and oxygen atoms in total. The molecule has 0 unspecified atom stereocenters. The Morgan fingerprint density at radius 1 is 1.14 bits per heavy atom. The summed E-state index contributed by atoms with van der Waals surface area (Å²) in [6.07, 6.45) is 6.47. The minimum absolute atomic E-state index is 0.0451. The largest absolute Gasteiger partial charge is 0.474 e. The molecule has 0 atom stereocenters. The predicted molar refractivity (Wildman–Crippen MR) is 108 cm³/mol. The van der Waals surface area contributed by atoms with Crippen LogP contribution in [0.3, 0.4) is 0 Å². The SMILES string of the molecule is Cc1cc2oc(-c3ccco3)c(OCC(=O)OC3CCCCC3)c(=O)c2cc1C. The van der Waals surface area contributed by atoms with Crippen LogP contribution in [-0.4, -0.2) is 18.7 Å². The zero-order valence-electron chi connectivity index (χ0n) is 16.7. The number of carbonyl (C=O) groups excluding carboxylic acids is 1. The Hall–Kier alpha value is -3.02. The molecule has 0 aliphatic heterocycles. The Bertz CT molecular complexity index is 1070. The van der Waals surface area contributed by atoms with Crippen molar-refractivity contribution < 1.29 is 23.1 Å². The van der Waals surface area contributed by atoms with Crippen molar-refractivity contribution in [1.29, 1.82) is 0 Å². The van der Waals surface area contributed by atoms with Crippen LogP contribution in [0.4, 0.5) is 0 Å². The van der Waals surface area contributed by atoms with Crippen molar-refractivity contribution in [3.63, 3.8) is 0 Å². The van der Waals surface area contributed by atoms with Crippen molar-refractivity contribution in [3.8, 4) is 17.3 Å². The maximum absolute atomic E-state index is 13.1. The van der Waals surface area contributed by atoms with E-state index in [9.17, 15) is 9.59 Å². The van der Waals surface area contributed by atoms with E-state index < -0.39 is 5.97 Å². The molecule has 0 radical (unpaired) electrons. The number of esters is 1. The van der Waals surface area contributed by atoms with Gasteiger partial charge in [0.2, 0.25) is 16.9 Å². The summed E-state index contributed by atoms with van der Waals surface area (Å²) in [5, 5.41) is 0.402. The summed E-state index contributed by atoms with van der Waals surface area (Å²) in [6.45, 7) is 3.52. The topological polar surface area (TPSA) is 78.9 Å². The summed E-state index contributed by atoms with van der Waals surface area (Å²) in [5.74, 6) is -0.00253. The highest BCUT2D eigenvalue weighted by Crippen LogP contribution is 2.32. The molecule has 0 bridgehead atoms. The van der Waals surface area contributed by atoms with Gasteiger partial charge in [0, 0.05) is 0 Å². The molecule has 2 heterocycles. The Morgan fingerprint density at radius 2 is 1.90 bits per heavy atom. The number of carbonyl (C=O) groups is 1. The Balaban J connectivity index is 1.65. The molecule has 0 N–H and O–H groups in total. The van der Waals surface area contributed by atoms with E-state index >= 15 is 0 Å². The number of ether oxygens (including phenoxy) is 2. The average Bonchev–Trinajstić information content (AvgIpc) is 3.24. The van der Waals surface area contributed by atoms with E-state index in [-0.39, 0.29) is 29.6 Å². The third-order valence-corrected chi connectivity index (χ3v) is 5.39. The van der Waals surface area contributed by atoms with Gasteiger partial charge in [-0.3, -0.25) is 4.79 Å². The second-order valence-electron chi connectivity index (χ2n) is 7.54. The van der Waals surface area contributed by atoms with E-state index in [1.165, 1.54) is 12.7 Å². The summed E-state index contributed by atoms with van der Waals surface area (Å²) in [5.41, 5.74) is 2.09. The Kier molecular flexibility index (Phi) is 5.43. The number of benzene rings is 1. The van der Waals surface area contributed by atoms with Crippen LogP contribution in [0.5, 0.6) is 5.75 Å². The molecule has 3 aromatic rings. The van der Waals surface area contributed by atoms with E-state index in [4.69, 9.17) is 18.3 Å². The van der Waals surface area contributed by atoms with Crippen molar-refractivity contribution in [2.45, 2.75) is 52.1 Å². The van der Waals surface area contributed by atoms with Crippen LogP contribution in [0.15, 0.2) is 44.2 Å². The molecule has 1 aliphatic carbocycles. The molecule has 29 heavy (non-hydrogen) atoms.